The Morgan fingerprint density at radius 3 is 1.68 bits per heavy atom. The Labute approximate surface area is 393 Å². The van der Waals surface area contributed by atoms with Crippen molar-refractivity contribution in [2.24, 2.45) is 0 Å². The van der Waals surface area contributed by atoms with Gasteiger partial charge in [0.15, 0.2) is 34.5 Å². The minimum Gasteiger partial charge on any atom is -0.494 e. The smallest absolute Gasteiger partial charge is 0.273 e. The molecule has 0 aliphatic heterocycles. The Morgan fingerprint density at radius 2 is 1.18 bits per heavy atom. The van der Waals surface area contributed by atoms with Crippen LogP contribution in [-0.4, -0.2) is 95.0 Å². The summed E-state index contributed by atoms with van der Waals surface area (Å²) in [5.74, 6) is -0.615. The molecule has 0 saturated heterocycles. The third kappa shape index (κ3) is 9.50. The second-order valence-corrected chi connectivity index (χ2v) is 17.2. The Bertz CT molecular complexity index is 3300. The second kappa shape index (κ2) is 18.7. The fourth-order valence-corrected chi connectivity index (χ4v) is 8.15. The molecule has 2 aromatic carbocycles. The number of nitrogens with zero attached hydrogens (tertiary/aromatic N) is 14. The van der Waals surface area contributed by atoms with E-state index in [1.54, 1.807) is 23.0 Å². The van der Waals surface area contributed by atoms with Crippen LogP contribution < -0.4 is 20.1 Å². The van der Waals surface area contributed by atoms with Gasteiger partial charge in [-0.3, -0.25) is 9.59 Å². The lowest BCUT2D eigenvalue weighted by molar-refractivity contribution is 0.0937. The summed E-state index contributed by atoms with van der Waals surface area (Å²) in [5, 5.41) is 32.3. The third-order valence-corrected chi connectivity index (χ3v) is 12.3. The first-order chi connectivity index (χ1) is 33.1. The van der Waals surface area contributed by atoms with Gasteiger partial charge < -0.3 is 28.9 Å². The first-order valence-electron chi connectivity index (χ1n) is 21.5. The highest BCUT2D eigenvalue weighted by atomic mass is 79.9. The molecule has 11 rings (SSSR count). The van der Waals surface area contributed by atoms with Crippen LogP contribution in [0.1, 0.15) is 92.1 Å². The number of carbonyl (C=O) groups excluding carboxylic acids is 2. The minimum atomic E-state index is -0.619. The number of benzene rings is 2. The van der Waals surface area contributed by atoms with Crippen LogP contribution in [0, 0.1) is 11.6 Å². The number of fused-ring (bicyclic) bond motifs is 2. The topological polar surface area (TPSA) is 216 Å². The standard InChI is InChI=1S/C23H21FN10O2.C22H20BrFN6O2/c1-36-20-6-5-19(34-13-26-29-31-34)17(22(20)24)8-25-23(35)18-12-33(30-28-18)11-16-10-32-9-15(14-2-3-14)4-7-21(32)27-16;1-32-19-6-5-17(23)16(21(19)24)8-25-22(31)18-12-30(28-27-18)11-15-10-29-9-14(13-2-3-13)4-7-20(29)26-15/h4-7,9-10,12-14H,2-3,8,11H2,1H3,(H,25,35);4-7,9-10,12-13H,2-3,8,11H2,1H3,(H,25,31). The number of methoxy groups -OCH3 is 2. The average Bonchev–Trinajstić information content (AvgIpc) is 4.00. The zero-order valence-corrected chi connectivity index (χ0v) is 38.1. The molecule has 7 aromatic heterocycles. The number of tetrazole rings is 1. The van der Waals surface area contributed by atoms with Gasteiger partial charge in [-0.1, -0.05) is 38.5 Å². The van der Waals surface area contributed by atoms with Crippen LogP contribution in [-0.2, 0) is 26.2 Å². The monoisotopic (exact) mass is 986 g/mol. The molecule has 7 heterocycles. The maximum Gasteiger partial charge on any atom is 0.273 e. The van der Waals surface area contributed by atoms with E-state index in [1.165, 1.54) is 85.1 Å². The molecule has 346 valence electrons. The Balaban J connectivity index is 0.000000160. The van der Waals surface area contributed by atoms with Gasteiger partial charge in [-0.15, -0.1) is 15.3 Å². The van der Waals surface area contributed by atoms with Crippen LogP contribution in [0.5, 0.6) is 11.5 Å². The molecule has 23 heteroatoms. The minimum absolute atomic E-state index is 0.0227. The summed E-state index contributed by atoms with van der Waals surface area (Å²) in [6, 6.07) is 14.5. The predicted octanol–water partition coefficient (Wildman–Crippen LogP) is 5.60. The molecule has 20 nitrogen and oxygen atoms in total. The van der Waals surface area contributed by atoms with Gasteiger partial charge in [0.1, 0.15) is 17.6 Å². The third-order valence-electron chi connectivity index (χ3n) is 11.6. The quantitative estimate of drug-likeness (QED) is 0.128. The highest BCUT2D eigenvalue weighted by Gasteiger charge is 2.25. The van der Waals surface area contributed by atoms with Crippen molar-refractivity contribution >= 4 is 39.0 Å². The molecule has 0 spiro atoms. The van der Waals surface area contributed by atoms with E-state index in [9.17, 15) is 18.4 Å². The summed E-state index contributed by atoms with van der Waals surface area (Å²) in [6.45, 7) is 0.580. The van der Waals surface area contributed by atoms with Gasteiger partial charge in [-0.25, -0.2) is 32.8 Å². The van der Waals surface area contributed by atoms with Gasteiger partial charge in [-0.2, -0.15) is 0 Å². The van der Waals surface area contributed by atoms with Gasteiger partial charge in [-0.05, 0) is 95.5 Å². The summed E-state index contributed by atoms with van der Waals surface area (Å²) >= 11 is 3.30. The molecule has 2 N–H and O–H groups in total. The fourth-order valence-electron chi connectivity index (χ4n) is 7.70. The molecule has 2 aliphatic rings. The molecule has 9 aromatic rings. The van der Waals surface area contributed by atoms with Gasteiger partial charge in [0.2, 0.25) is 0 Å². The zero-order valence-electron chi connectivity index (χ0n) is 36.5. The molecule has 2 aliphatic carbocycles. The molecule has 2 fully saturated rings. The summed E-state index contributed by atoms with van der Waals surface area (Å²) in [5.41, 5.74) is 7.06. The Morgan fingerprint density at radius 1 is 0.662 bits per heavy atom. The largest absolute Gasteiger partial charge is 0.494 e. The SMILES string of the molecule is COc1ccc(-n2cnnn2)c(CNC(=O)c2cn(Cc3cn4cc(C5CC5)ccc4n3)nn2)c1F.COc1ccc(Br)c(CNC(=O)c2cn(Cc3cn4cc(C5CC5)ccc4n3)nn2)c1F. The molecule has 2 amide bonds. The van der Waals surface area contributed by atoms with Crippen LogP contribution in [0.25, 0.3) is 17.0 Å². The van der Waals surface area contributed by atoms with E-state index in [4.69, 9.17) is 9.47 Å². The van der Waals surface area contributed by atoms with Crippen molar-refractivity contribution in [3.8, 4) is 17.2 Å². The van der Waals surface area contributed by atoms with Crippen LogP contribution in [0.2, 0.25) is 0 Å². The van der Waals surface area contributed by atoms with Gasteiger partial charge in [0.25, 0.3) is 11.8 Å². The number of hydrogen-bond donors (Lipinski definition) is 2. The first-order valence-corrected chi connectivity index (χ1v) is 22.3. The zero-order chi connectivity index (χ0) is 46.9. The van der Waals surface area contributed by atoms with E-state index < -0.39 is 23.4 Å². The number of imidazole rings is 2. The van der Waals surface area contributed by atoms with Crippen molar-refractivity contribution in [1.29, 1.82) is 0 Å². The predicted molar refractivity (Wildman–Crippen MR) is 241 cm³/mol. The number of rotatable bonds is 15. The average molecular weight is 988 g/mol. The fraction of sp³-hybridized carbons (Fsp3) is 0.267. The second-order valence-electron chi connectivity index (χ2n) is 16.3. The molecule has 0 unspecified atom stereocenters. The number of pyridine rings is 2. The Kier molecular flexibility index (Phi) is 12.1. The van der Waals surface area contributed by atoms with E-state index >= 15 is 0 Å². The molecule has 2 saturated carbocycles. The summed E-state index contributed by atoms with van der Waals surface area (Å²) in [6.07, 6.45) is 17.5. The first kappa shape index (κ1) is 43.9. The van der Waals surface area contributed by atoms with Crippen molar-refractivity contribution in [2.75, 3.05) is 14.2 Å². The number of carbonyl (C=O) groups is 2. The number of aromatic nitrogens is 14. The molecule has 0 radical (unpaired) electrons. The number of ether oxygens (including phenoxy) is 2. The van der Waals surface area contributed by atoms with E-state index in [0.717, 1.165) is 22.7 Å². The van der Waals surface area contributed by atoms with E-state index in [2.05, 4.69) is 97.2 Å². The molecule has 0 bridgehead atoms. The highest BCUT2D eigenvalue weighted by Crippen LogP contribution is 2.40. The van der Waals surface area contributed by atoms with Crippen LogP contribution in [0.3, 0.4) is 0 Å². The van der Waals surface area contributed by atoms with Crippen LogP contribution in [0.4, 0.5) is 8.78 Å². The number of halogens is 3. The van der Waals surface area contributed by atoms with Crippen molar-refractivity contribution in [1.82, 2.24) is 79.6 Å². The van der Waals surface area contributed by atoms with Crippen LogP contribution >= 0.6 is 15.9 Å². The van der Waals surface area contributed by atoms with Crippen molar-refractivity contribution in [3.05, 3.63) is 153 Å². The lowest BCUT2D eigenvalue weighted by atomic mass is 10.1. The van der Waals surface area contributed by atoms with E-state index in [1.807, 2.05) is 33.3 Å². The van der Waals surface area contributed by atoms with Crippen molar-refractivity contribution < 1.29 is 27.8 Å². The van der Waals surface area contributed by atoms with Crippen LogP contribution in [0.15, 0.2) is 96.5 Å². The molecular weight excluding hydrogens is 947 g/mol. The normalized spacial score (nSPS) is 13.4. The number of amides is 2. The van der Waals surface area contributed by atoms with Gasteiger partial charge in [0.05, 0.1) is 56.8 Å². The number of hydrogen-bond acceptors (Lipinski definition) is 13. The molecule has 68 heavy (non-hydrogen) atoms. The lowest BCUT2D eigenvalue weighted by Gasteiger charge is -2.13. The summed E-state index contributed by atoms with van der Waals surface area (Å²) in [7, 11) is 2.76. The Hall–Kier alpha value is -7.95. The number of nitrogens with one attached hydrogen (secondary N) is 2. The maximum atomic E-state index is 15.0. The molecular formula is C45H41BrF2N16O4. The molecule has 0 atom stereocenters. The van der Waals surface area contributed by atoms with Crippen molar-refractivity contribution in [2.45, 2.75) is 63.7 Å². The van der Waals surface area contributed by atoms with Crippen molar-refractivity contribution in [3.63, 3.8) is 0 Å². The van der Waals surface area contributed by atoms with E-state index in [0.29, 0.717) is 40.6 Å². The summed E-state index contributed by atoms with van der Waals surface area (Å²) < 4.78 is 48.5. The van der Waals surface area contributed by atoms with Gasteiger partial charge in [0, 0.05) is 53.5 Å². The van der Waals surface area contributed by atoms with E-state index in [-0.39, 0.29) is 41.5 Å². The van der Waals surface area contributed by atoms with Gasteiger partial charge >= 0.3 is 0 Å². The maximum absolute atomic E-state index is 15.0. The lowest BCUT2D eigenvalue weighted by Crippen LogP contribution is -2.25. The highest BCUT2D eigenvalue weighted by molar-refractivity contribution is 9.10. The summed E-state index contributed by atoms with van der Waals surface area (Å²) in [4.78, 5) is 34.5.